The second-order valence-electron chi connectivity index (χ2n) is 8.94. The quantitative estimate of drug-likeness (QED) is 0.564. The maximum absolute atomic E-state index is 13.8. The summed E-state index contributed by atoms with van der Waals surface area (Å²) in [4.78, 5) is 28.9. The highest BCUT2D eigenvalue weighted by atomic mass is 19.1. The van der Waals surface area contributed by atoms with Crippen LogP contribution in [0.4, 0.5) is 10.1 Å². The van der Waals surface area contributed by atoms with Crippen molar-refractivity contribution in [2.75, 3.05) is 4.90 Å². The van der Waals surface area contributed by atoms with Crippen LogP contribution in [0.1, 0.15) is 36.1 Å². The Kier molecular flexibility index (Phi) is 3.19. The molecule has 0 spiro atoms. The Bertz CT molecular complexity index is 1120. The molecule has 0 saturated carbocycles. The third-order valence-electron chi connectivity index (χ3n) is 7.73. The number of carbonyl (C=O) groups is 2. The van der Waals surface area contributed by atoms with Crippen LogP contribution >= 0.6 is 0 Å². The number of carbonyl (C=O) groups excluding carboxylic acids is 2. The molecule has 0 radical (unpaired) electrons. The van der Waals surface area contributed by atoms with Crippen LogP contribution in [0.2, 0.25) is 0 Å². The van der Waals surface area contributed by atoms with Crippen molar-refractivity contribution in [3.8, 4) is 0 Å². The number of hydrogen-bond donors (Lipinski definition) is 0. The van der Waals surface area contributed by atoms with Gasteiger partial charge in [-0.05, 0) is 46.5 Å². The minimum absolute atomic E-state index is 0.200. The van der Waals surface area contributed by atoms with Crippen molar-refractivity contribution >= 4 is 17.5 Å². The molecule has 4 heteroatoms. The van der Waals surface area contributed by atoms with E-state index in [1.54, 1.807) is 0 Å². The van der Waals surface area contributed by atoms with Crippen molar-refractivity contribution in [1.82, 2.24) is 0 Å². The Morgan fingerprint density at radius 3 is 1.40 bits per heavy atom. The minimum atomic E-state index is -0.600. The molecule has 2 amide bonds. The number of amides is 2. The average molecular weight is 397 g/mol. The Hall–Kier alpha value is -3.27. The largest absolute Gasteiger partial charge is 0.274 e. The van der Waals surface area contributed by atoms with Crippen molar-refractivity contribution in [3.63, 3.8) is 0 Å². The lowest BCUT2D eigenvalue weighted by Gasteiger charge is -2.57. The van der Waals surface area contributed by atoms with Gasteiger partial charge in [-0.1, -0.05) is 62.4 Å². The van der Waals surface area contributed by atoms with Crippen LogP contribution in [-0.2, 0) is 20.4 Å². The molecule has 1 aliphatic heterocycles. The van der Waals surface area contributed by atoms with Crippen LogP contribution < -0.4 is 4.90 Å². The summed E-state index contributed by atoms with van der Waals surface area (Å²) in [6.07, 6.45) is 0. The molecule has 3 aliphatic carbocycles. The maximum atomic E-state index is 13.8. The zero-order valence-electron chi connectivity index (χ0n) is 16.7. The Morgan fingerprint density at radius 2 is 1.03 bits per heavy atom. The number of nitrogens with zero attached hydrogens (tertiary/aromatic N) is 1. The summed E-state index contributed by atoms with van der Waals surface area (Å²) in [6.45, 7) is 4.20. The van der Waals surface area contributed by atoms with Crippen molar-refractivity contribution in [1.29, 1.82) is 0 Å². The summed E-state index contributed by atoms with van der Waals surface area (Å²) in [5.41, 5.74) is 3.71. The van der Waals surface area contributed by atoms with Gasteiger partial charge in [-0.3, -0.25) is 9.59 Å². The number of imide groups is 1. The monoisotopic (exact) mass is 397 g/mol. The fraction of sp³-hybridized carbons (Fsp3) is 0.231. The lowest BCUT2D eigenvalue weighted by atomic mass is 9.42. The van der Waals surface area contributed by atoms with Gasteiger partial charge in [0.05, 0.1) is 17.5 Å². The summed E-state index contributed by atoms with van der Waals surface area (Å²) in [5, 5.41) is 0. The molecule has 30 heavy (non-hydrogen) atoms. The van der Waals surface area contributed by atoms with Crippen molar-refractivity contribution < 1.29 is 14.0 Å². The van der Waals surface area contributed by atoms with E-state index in [0.29, 0.717) is 5.69 Å². The molecule has 1 heterocycles. The summed E-state index contributed by atoms with van der Waals surface area (Å²) < 4.78 is 13.5. The smallest absolute Gasteiger partial charge is 0.238 e. The number of anilines is 1. The highest BCUT2D eigenvalue weighted by Gasteiger charge is 2.70. The van der Waals surface area contributed by atoms with Crippen LogP contribution in [-0.4, -0.2) is 11.8 Å². The second kappa shape index (κ2) is 5.45. The van der Waals surface area contributed by atoms with Gasteiger partial charge in [-0.15, -0.1) is 0 Å². The van der Waals surface area contributed by atoms with Gasteiger partial charge in [-0.2, -0.15) is 0 Å². The van der Waals surface area contributed by atoms with Gasteiger partial charge in [0.1, 0.15) is 5.82 Å². The lowest BCUT2D eigenvalue weighted by molar-refractivity contribution is -0.124. The zero-order chi connectivity index (χ0) is 20.8. The van der Waals surface area contributed by atoms with Crippen molar-refractivity contribution in [2.24, 2.45) is 11.8 Å². The summed E-state index contributed by atoms with van der Waals surface area (Å²) in [5.74, 6) is -1.78. The maximum Gasteiger partial charge on any atom is 0.238 e. The van der Waals surface area contributed by atoms with Gasteiger partial charge in [-0.25, -0.2) is 9.29 Å². The van der Waals surface area contributed by atoms with E-state index >= 15 is 0 Å². The summed E-state index contributed by atoms with van der Waals surface area (Å²) in [6, 6.07) is 22.0. The van der Waals surface area contributed by atoms with E-state index in [1.807, 2.05) is 24.3 Å². The van der Waals surface area contributed by atoms with E-state index in [4.69, 9.17) is 0 Å². The molecule has 2 bridgehead atoms. The first-order valence-electron chi connectivity index (χ1n) is 10.2. The number of hydrogen-bond acceptors (Lipinski definition) is 2. The normalized spacial score (nSPS) is 30.8. The highest BCUT2D eigenvalue weighted by molar-refractivity contribution is 6.24. The topological polar surface area (TPSA) is 37.4 Å². The van der Waals surface area contributed by atoms with Gasteiger partial charge in [0, 0.05) is 10.8 Å². The molecule has 4 aliphatic rings. The fourth-order valence-corrected chi connectivity index (χ4v) is 6.42. The molecule has 3 aromatic carbocycles. The SMILES string of the molecule is CC12c3ccccc3C(C)(c3ccccc31)C1C(=O)N(c3ccc(F)cc3)C(=O)C12. The molecule has 7 rings (SSSR count). The van der Waals surface area contributed by atoms with E-state index in [0.717, 1.165) is 22.3 Å². The third-order valence-corrected chi connectivity index (χ3v) is 7.73. The summed E-state index contributed by atoms with van der Waals surface area (Å²) in [7, 11) is 0. The van der Waals surface area contributed by atoms with Crippen LogP contribution in [0.15, 0.2) is 72.8 Å². The van der Waals surface area contributed by atoms with Gasteiger partial charge in [0.15, 0.2) is 0 Å². The first kappa shape index (κ1) is 17.6. The third kappa shape index (κ3) is 1.77. The molecule has 1 saturated heterocycles. The fourth-order valence-electron chi connectivity index (χ4n) is 6.42. The van der Waals surface area contributed by atoms with Gasteiger partial charge < -0.3 is 0 Å². The Balaban J connectivity index is 1.66. The van der Waals surface area contributed by atoms with E-state index < -0.39 is 28.5 Å². The molecular formula is C26H20FNO2. The summed E-state index contributed by atoms with van der Waals surface area (Å²) >= 11 is 0. The number of benzene rings is 3. The van der Waals surface area contributed by atoms with E-state index in [2.05, 4.69) is 38.1 Å². The molecule has 3 nitrogen and oxygen atoms in total. The standard InChI is InChI=1S/C26H20FNO2/c1-25-17-7-3-5-9-19(17)26(2,20-10-6-4-8-18(20)25)22-21(25)23(29)28(24(22)30)16-13-11-15(27)12-14-16/h3-14,21-22H,1-2H3. The molecule has 1 fully saturated rings. The minimum Gasteiger partial charge on any atom is -0.274 e. The van der Waals surface area contributed by atoms with Crippen LogP contribution in [0.5, 0.6) is 0 Å². The number of rotatable bonds is 1. The van der Waals surface area contributed by atoms with Gasteiger partial charge in [0.25, 0.3) is 0 Å². The molecular weight excluding hydrogens is 377 g/mol. The van der Waals surface area contributed by atoms with Gasteiger partial charge >= 0.3 is 0 Å². The van der Waals surface area contributed by atoms with Crippen molar-refractivity contribution in [3.05, 3.63) is 101 Å². The lowest BCUT2D eigenvalue weighted by Crippen LogP contribution is -2.59. The Morgan fingerprint density at radius 1 is 0.667 bits per heavy atom. The van der Waals surface area contributed by atoms with Crippen molar-refractivity contribution in [2.45, 2.75) is 24.7 Å². The molecule has 0 N–H and O–H groups in total. The predicted octanol–water partition coefficient (Wildman–Crippen LogP) is 4.57. The van der Waals surface area contributed by atoms with Gasteiger partial charge in [0.2, 0.25) is 11.8 Å². The van der Waals surface area contributed by atoms with E-state index in [1.165, 1.54) is 29.2 Å². The first-order valence-corrected chi connectivity index (χ1v) is 10.2. The van der Waals surface area contributed by atoms with Crippen LogP contribution in [0.3, 0.4) is 0 Å². The Labute approximate surface area is 174 Å². The molecule has 148 valence electrons. The molecule has 0 aromatic heterocycles. The van der Waals surface area contributed by atoms with Crippen LogP contribution in [0, 0.1) is 17.7 Å². The van der Waals surface area contributed by atoms with E-state index in [-0.39, 0.29) is 11.8 Å². The number of halogens is 1. The highest BCUT2D eigenvalue weighted by Crippen LogP contribution is 2.66. The predicted molar refractivity (Wildman–Crippen MR) is 112 cm³/mol. The first-order chi connectivity index (χ1) is 14.4. The molecule has 2 atom stereocenters. The molecule has 3 aromatic rings. The average Bonchev–Trinajstić information content (AvgIpc) is 3.04. The second-order valence-corrected chi connectivity index (χ2v) is 8.94. The van der Waals surface area contributed by atoms with Crippen LogP contribution in [0.25, 0.3) is 0 Å². The molecule has 2 unspecified atom stereocenters. The van der Waals surface area contributed by atoms with E-state index in [9.17, 15) is 14.0 Å². The zero-order valence-corrected chi connectivity index (χ0v) is 16.7.